The molecule has 2 aromatic rings. The van der Waals surface area contributed by atoms with Crippen LogP contribution in [-0.2, 0) is 6.61 Å². The second-order valence-electron chi connectivity index (χ2n) is 4.04. The molecule has 4 nitrogen and oxygen atoms in total. The number of carboxylic acid groups (broad SMARTS) is 1. The van der Waals surface area contributed by atoms with E-state index in [2.05, 4.69) is 0 Å². The van der Waals surface area contributed by atoms with E-state index >= 15 is 0 Å². The van der Waals surface area contributed by atoms with Crippen LogP contribution >= 0.6 is 11.3 Å². The van der Waals surface area contributed by atoms with E-state index in [4.69, 9.17) is 15.1 Å². The third-order valence-electron chi connectivity index (χ3n) is 2.68. The Kier molecular flexibility index (Phi) is 4.01. The zero-order valence-electron chi connectivity index (χ0n) is 10.5. The van der Waals surface area contributed by atoms with Gasteiger partial charge in [0.2, 0.25) is 0 Å². The lowest BCUT2D eigenvalue weighted by Crippen LogP contribution is -1.98. The molecule has 0 radical (unpaired) electrons. The van der Waals surface area contributed by atoms with Crippen molar-refractivity contribution in [2.75, 3.05) is 0 Å². The zero-order chi connectivity index (χ0) is 14.7. The van der Waals surface area contributed by atoms with Gasteiger partial charge in [0.25, 0.3) is 0 Å². The van der Waals surface area contributed by atoms with Crippen molar-refractivity contribution in [1.29, 1.82) is 5.26 Å². The lowest BCUT2D eigenvalue weighted by Gasteiger charge is -2.06. The standard InChI is InChI=1S/C14H10FNO3S/c1-8-10(5-13(20-8)14(17)18)7-19-12-3-2-9(6-16)4-11(12)15/h2-5H,7H2,1H3,(H,17,18). The molecule has 1 N–H and O–H groups in total. The molecule has 2 rings (SSSR count). The number of rotatable bonds is 4. The van der Waals surface area contributed by atoms with Crippen LogP contribution < -0.4 is 4.74 Å². The van der Waals surface area contributed by atoms with Crippen molar-refractivity contribution < 1.29 is 19.0 Å². The molecule has 0 aliphatic carbocycles. The second kappa shape index (κ2) is 5.72. The molecule has 0 fully saturated rings. The summed E-state index contributed by atoms with van der Waals surface area (Å²) in [4.78, 5) is 11.9. The van der Waals surface area contributed by atoms with E-state index < -0.39 is 11.8 Å². The minimum Gasteiger partial charge on any atom is -0.486 e. The first-order valence-corrected chi connectivity index (χ1v) is 6.48. The smallest absolute Gasteiger partial charge is 0.345 e. The lowest BCUT2D eigenvalue weighted by atomic mass is 10.2. The predicted molar refractivity (Wildman–Crippen MR) is 71.5 cm³/mol. The van der Waals surface area contributed by atoms with Crippen molar-refractivity contribution in [3.8, 4) is 11.8 Å². The number of aromatic carboxylic acids is 1. The van der Waals surface area contributed by atoms with E-state index in [1.165, 1.54) is 18.2 Å². The van der Waals surface area contributed by atoms with Gasteiger partial charge in [-0.2, -0.15) is 5.26 Å². The van der Waals surface area contributed by atoms with Crippen LogP contribution in [0.1, 0.15) is 25.7 Å². The van der Waals surface area contributed by atoms with Crippen molar-refractivity contribution in [2.24, 2.45) is 0 Å². The summed E-state index contributed by atoms with van der Waals surface area (Å²) in [7, 11) is 0. The van der Waals surface area contributed by atoms with Gasteiger partial charge < -0.3 is 9.84 Å². The molecule has 0 aliphatic rings. The molecule has 0 spiro atoms. The fourth-order valence-electron chi connectivity index (χ4n) is 1.61. The zero-order valence-corrected chi connectivity index (χ0v) is 11.3. The number of thiophene rings is 1. The van der Waals surface area contributed by atoms with Gasteiger partial charge in [-0.1, -0.05) is 0 Å². The highest BCUT2D eigenvalue weighted by Crippen LogP contribution is 2.24. The van der Waals surface area contributed by atoms with E-state index in [1.54, 1.807) is 6.92 Å². The van der Waals surface area contributed by atoms with E-state index in [0.717, 1.165) is 22.3 Å². The van der Waals surface area contributed by atoms with Gasteiger partial charge in [0.1, 0.15) is 11.5 Å². The number of nitriles is 1. The maximum atomic E-state index is 13.6. The molecule has 20 heavy (non-hydrogen) atoms. The molecule has 0 saturated carbocycles. The first-order valence-electron chi connectivity index (χ1n) is 5.66. The van der Waals surface area contributed by atoms with Crippen molar-refractivity contribution in [3.63, 3.8) is 0 Å². The molecule has 0 amide bonds. The summed E-state index contributed by atoms with van der Waals surface area (Å²) >= 11 is 1.15. The van der Waals surface area contributed by atoms with Gasteiger partial charge in [0, 0.05) is 10.4 Å². The van der Waals surface area contributed by atoms with Crippen LogP contribution in [0.25, 0.3) is 0 Å². The molecule has 0 saturated heterocycles. The van der Waals surface area contributed by atoms with Gasteiger partial charge in [-0.3, -0.25) is 0 Å². The van der Waals surface area contributed by atoms with Crippen molar-refractivity contribution in [1.82, 2.24) is 0 Å². The summed E-state index contributed by atoms with van der Waals surface area (Å²) in [6, 6.07) is 7.29. The summed E-state index contributed by atoms with van der Waals surface area (Å²) in [6.07, 6.45) is 0. The molecule has 0 bridgehead atoms. The van der Waals surface area contributed by atoms with Crippen molar-refractivity contribution in [3.05, 3.63) is 51.0 Å². The predicted octanol–water partition coefficient (Wildman–Crippen LogP) is 3.34. The average molecular weight is 291 g/mol. The molecule has 1 aromatic heterocycles. The normalized spacial score (nSPS) is 10.1. The molecular formula is C14H10FNO3S. The third kappa shape index (κ3) is 2.95. The van der Waals surface area contributed by atoms with Gasteiger partial charge in [-0.15, -0.1) is 11.3 Å². The highest BCUT2D eigenvalue weighted by atomic mass is 32.1. The highest BCUT2D eigenvalue weighted by Gasteiger charge is 2.12. The maximum absolute atomic E-state index is 13.6. The Morgan fingerprint density at radius 1 is 1.50 bits per heavy atom. The maximum Gasteiger partial charge on any atom is 0.345 e. The van der Waals surface area contributed by atoms with Gasteiger partial charge in [0.05, 0.1) is 11.6 Å². The topological polar surface area (TPSA) is 70.3 Å². The van der Waals surface area contributed by atoms with E-state index in [1.807, 2.05) is 6.07 Å². The molecular weight excluding hydrogens is 281 g/mol. The first kappa shape index (κ1) is 14.0. The van der Waals surface area contributed by atoms with Gasteiger partial charge >= 0.3 is 5.97 Å². The number of ether oxygens (including phenoxy) is 1. The first-order chi connectivity index (χ1) is 9.51. The van der Waals surface area contributed by atoms with Crippen LogP contribution in [0.2, 0.25) is 0 Å². The molecule has 6 heteroatoms. The van der Waals surface area contributed by atoms with Crippen LogP contribution in [0.3, 0.4) is 0 Å². The van der Waals surface area contributed by atoms with Gasteiger partial charge in [0.15, 0.2) is 11.6 Å². The van der Waals surface area contributed by atoms with E-state index in [9.17, 15) is 9.18 Å². The van der Waals surface area contributed by atoms with E-state index in [0.29, 0.717) is 5.56 Å². The number of hydrogen-bond donors (Lipinski definition) is 1. The molecule has 0 unspecified atom stereocenters. The summed E-state index contributed by atoms with van der Waals surface area (Å²) < 4.78 is 18.9. The quantitative estimate of drug-likeness (QED) is 0.937. The Balaban J connectivity index is 2.13. The molecule has 0 aliphatic heterocycles. The third-order valence-corrected chi connectivity index (χ3v) is 3.76. The highest BCUT2D eigenvalue weighted by molar-refractivity contribution is 7.14. The fraction of sp³-hybridized carbons (Fsp3) is 0.143. The summed E-state index contributed by atoms with van der Waals surface area (Å²) in [5, 5.41) is 17.5. The van der Waals surface area contributed by atoms with Crippen LogP contribution in [-0.4, -0.2) is 11.1 Å². The Bertz CT molecular complexity index is 703. The summed E-state index contributed by atoms with van der Waals surface area (Å²) in [5.41, 5.74) is 0.922. The monoisotopic (exact) mass is 291 g/mol. The SMILES string of the molecule is Cc1sc(C(=O)O)cc1COc1ccc(C#N)cc1F. The summed E-state index contributed by atoms with van der Waals surface area (Å²) in [6.45, 7) is 1.86. The minimum atomic E-state index is -0.992. The number of carboxylic acids is 1. The average Bonchev–Trinajstić information content (AvgIpc) is 2.79. The number of carbonyl (C=O) groups is 1. The number of benzene rings is 1. The molecule has 1 aromatic carbocycles. The Morgan fingerprint density at radius 2 is 2.25 bits per heavy atom. The number of aryl methyl sites for hydroxylation is 1. The Morgan fingerprint density at radius 3 is 2.80 bits per heavy atom. The number of nitrogens with zero attached hydrogens (tertiary/aromatic N) is 1. The largest absolute Gasteiger partial charge is 0.486 e. The minimum absolute atomic E-state index is 0.0338. The Labute approximate surface area is 118 Å². The van der Waals surface area contributed by atoms with Crippen molar-refractivity contribution in [2.45, 2.75) is 13.5 Å². The van der Waals surface area contributed by atoms with Crippen LogP contribution in [0.5, 0.6) is 5.75 Å². The summed E-state index contributed by atoms with van der Waals surface area (Å²) in [5.74, 6) is -1.57. The lowest BCUT2D eigenvalue weighted by molar-refractivity contribution is 0.0702. The molecule has 0 atom stereocenters. The van der Waals surface area contributed by atoms with Gasteiger partial charge in [-0.05, 0) is 31.2 Å². The molecule has 102 valence electrons. The van der Waals surface area contributed by atoms with Crippen LogP contribution in [0.4, 0.5) is 4.39 Å². The Hall–Kier alpha value is -2.39. The second-order valence-corrected chi connectivity index (χ2v) is 5.30. The van der Waals surface area contributed by atoms with Crippen LogP contribution in [0.15, 0.2) is 24.3 Å². The fourth-order valence-corrected chi connectivity index (χ4v) is 2.48. The van der Waals surface area contributed by atoms with E-state index in [-0.39, 0.29) is 22.8 Å². The number of hydrogen-bond acceptors (Lipinski definition) is 4. The number of halogens is 1. The van der Waals surface area contributed by atoms with Crippen LogP contribution in [0, 0.1) is 24.1 Å². The van der Waals surface area contributed by atoms with Crippen molar-refractivity contribution >= 4 is 17.3 Å². The van der Waals surface area contributed by atoms with Gasteiger partial charge in [-0.25, -0.2) is 9.18 Å². The molecule has 1 heterocycles.